The molecule has 8 heteroatoms. The van der Waals surface area contributed by atoms with E-state index < -0.39 is 24.7 Å². The Hall–Kier alpha value is -4.33. The van der Waals surface area contributed by atoms with Crippen LogP contribution in [0.25, 0.3) is 11.1 Å². The number of carbonyl (C=O) groups is 3. The van der Waals surface area contributed by atoms with Crippen molar-refractivity contribution in [1.82, 2.24) is 9.80 Å². The molecule has 5 rings (SSSR count). The highest BCUT2D eigenvalue weighted by Gasteiger charge is 2.35. The number of carboxylic acid groups (broad SMARTS) is 1. The number of carbonyl (C=O) groups excluding carboxylic acids is 2. The van der Waals surface area contributed by atoms with Gasteiger partial charge in [0.25, 0.3) is 0 Å². The van der Waals surface area contributed by atoms with Crippen LogP contribution in [0.3, 0.4) is 0 Å². The minimum atomic E-state index is -1.14. The van der Waals surface area contributed by atoms with E-state index >= 15 is 0 Å². The summed E-state index contributed by atoms with van der Waals surface area (Å²) in [4.78, 5) is 40.3. The molecule has 1 atom stereocenters. The predicted molar refractivity (Wildman–Crippen MR) is 141 cm³/mol. The Balaban J connectivity index is 1.23. The molecule has 3 aromatic carbocycles. The summed E-state index contributed by atoms with van der Waals surface area (Å²) in [5, 5.41) is 9.48. The molecule has 1 fully saturated rings. The lowest BCUT2D eigenvalue weighted by Gasteiger charge is -2.29. The van der Waals surface area contributed by atoms with Gasteiger partial charge in [-0.3, -0.25) is 9.69 Å². The van der Waals surface area contributed by atoms with Crippen molar-refractivity contribution in [2.24, 2.45) is 0 Å². The number of fused-ring (bicyclic) bond motifs is 3. The number of ether oxygens (including phenoxy) is 2. The monoisotopic (exact) mass is 514 g/mol. The van der Waals surface area contributed by atoms with Crippen molar-refractivity contribution in [1.29, 1.82) is 0 Å². The molecule has 2 amide bonds. The first-order valence-electron chi connectivity index (χ1n) is 12.8. The number of likely N-dealkylation sites (tertiary alicyclic amines) is 1. The lowest BCUT2D eigenvalue weighted by atomic mass is 9.98. The number of aliphatic carboxylic acids is 1. The third-order valence-corrected chi connectivity index (χ3v) is 7.17. The molecule has 1 N–H and O–H groups in total. The zero-order valence-electron chi connectivity index (χ0n) is 21.0. The molecule has 1 saturated heterocycles. The van der Waals surface area contributed by atoms with Gasteiger partial charge in [0, 0.05) is 19.0 Å². The van der Waals surface area contributed by atoms with Crippen LogP contribution in [0.4, 0.5) is 9.59 Å². The van der Waals surface area contributed by atoms with E-state index in [1.807, 2.05) is 66.7 Å². The first-order valence-corrected chi connectivity index (χ1v) is 12.8. The fraction of sp³-hybridized carbons (Fsp3) is 0.300. The third kappa shape index (κ3) is 5.49. The zero-order valence-corrected chi connectivity index (χ0v) is 21.0. The molecule has 0 radical (unpaired) electrons. The molecule has 0 bridgehead atoms. The van der Waals surface area contributed by atoms with Crippen molar-refractivity contribution in [2.75, 3.05) is 26.2 Å². The van der Waals surface area contributed by atoms with Gasteiger partial charge < -0.3 is 19.5 Å². The van der Waals surface area contributed by atoms with Gasteiger partial charge in [-0.1, -0.05) is 78.9 Å². The summed E-state index contributed by atoms with van der Waals surface area (Å²) in [6.45, 7) is 0.276. The van der Waals surface area contributed by atoms with Crippen molar-refractivity contribution >= 4 is 18.2 Å². The number of rotatable bonds is 8. The summed E-state index contributed by atoms with van der Waals surface area (Å²) < 4.78 is 11.2. The Bertz CT molecular complexity index is 1270. The van der Waals surface area contributed by atoms with Crippen LogP contribution in [-0.4, -0.2) is 65.3 Å². The quantitative estimate of drug-likeness (QED) is 0.448. The minimum absolute atomic E-state index is 0.0589. The molecule has 3 aromatic rings. The lowest BCUT2D eigenvalue weighted by molar-refractivity contribution is -0.138. The summed E-state index contributed by atoms with van der Waals surface area (Å²) in [5.74, 6) is -1.27. The SMILES string of the molecule is O=C(O)CN(C[C@H]1CCCN1C(=O)OCc1ccccc1)C(=O)OCC1c2ccccc2-c2ccccc21. The highest BCUT2D eigenvalue weighted by molar-refractivity contribution is 5.80. The molecule has 0 aromatic heterocycles. The Morgan fingerprint density at radius 1 is 0.868 bits per heavy atom. The van der Waals surface area contributed by atoms with E-state index in [9.17, 15) is 19.5 Å². The van der Waals surface area contributed by atoms with Gasteiger partial charge in [0.1, 0.15) is 19.8 Å². The van der Waals surface area contributed by atoms with Crippen LogP contribution in [-0.2, 0) is 20.9 Å². The first kappa shape index (κ1) is 25.3. The van der Waals surface area contributed by atoms with Crippen LogP contribution < -0.4 is 0 Å². The summed E-state index contributed by atoms with van der Waals surface area (Å²) in [5.41, 5.74) is 5.26. The minimum Gasteiger partial charge on any atom is -0.480 e. The summed E-state index contributed by atoms with van der Waals surface area (Å²) >= 11 is 0. The van der Waals surface area contributed by atoms with Crippen molar-refractivity contribution in [2.45, 2.75) is 31.4 Å². The van der Waals surface area contributed by atoms with Crippen molar-refractivity contribution < 1.29 is 29.0 Å². The third-order valence-electron chi connectivity index (χ3n) is 7.17. The van der Waals surface area contributed by atoms with E-state index in [0.29, 0.717) is 13.0 Å². The highest BCUT2D eigenvalue weighted by atomic mass is 16.6. The van der Waals surface area contributed by atoms with E-state index in [-0.39, 0.29) is 31.7 Å². The van der Waals surface area contributed by atoms with E-state index in [1.165, 1.54) is 4.90 Å². The smallest absolute Gasteiger partial charge is 0.410 e. The Labute approximate surface area is 221 Å². The number of nitrogens with zero attached hydrogens (tertiary/aromatic N) is 2. The topological polar surface area (TPSA) is 96.4 Å². The maximum Gasteiger partial charge on any atom is 0.410 e. The van der Waals surface area contributed by atoms with Gasteiger partial charge in [0.2, 0.25) is 0 Å². The van der Waals surface area contributed by atoms with Crippen molar-refractivity contribution in [3.63, 3.8) is 0 Å². The number of carboxylic acids is 1. The second-order valence-corrected chi connectivity index (χ2v) is 9.61. The molecule has 2 aliphatic rings. The Kier molecular flexibility index (Phi) is 7.58. The number of amides is 2. The lowest BCUT2D eigenvalue weighted by Crippen LogP contribution is -2.47. The highest BCUT2D eigenvalue weighted by Crippen LogP contribution is 2.44. The molecule has 0 spiro atoms. The van der Waals surface area contributed by atoms with Gasteiger partial charge in [0.05, 0.1) is 6.04 Å². The molecule has 8 nitrogen and oxygen atoms in total. The van der Waals surface area contributed by atoms with E-state index in [4.69, 9.17) is 9.47 Å². The van der Waals surface area contributed by atoms with E-state index in [2.05, 4.69) is 12.1 Å². The van der Waals surface area contributed by atoms with Gasteiger partial charge in [-0.2, -0.15) is 0 Å². The number of benzene rings is 3. The van der Waals surface area contributed by atoms with Gasteiger partial charge in [-0.25, -0.2) is 9.59 Å². The molecule has 1 heterocycles. The maximum absolute atomic E-state index is 13.1. The molecule has 1 aliphatic heterocycles. The van der Waals surface area contributed by atoms with Crippen molar-refractivity contribution in [3.05, 3.63) is 95.6 Å². The van der Waals surface area contributed by atoms with E-state index in [1.54, 1.807) is 4.90 Å². The largest absolute Gasteiger partial charge is 0.480 e. The maximum atomic E-state index is 13.1. The van der Waals surface area contributed by atoms with Gasteiger partial charge in [0.15, 0.2) is 0 Å². The normalized spacial score (nSPS) is 16.0. The molecule has 38 heavy (non-hydrogen) atoms. The van der Waals surface area contributed by atoms with Gasteiger partial charge in [-0.05, 0) is 40.7 Å². The average molecular weight is 515 g/mol. The summed E-state index contributed by atoms with van der Waals surface area (Å²) in [6.07, 6.45) is 0.210. The van der Waals surface area contributed by atoms with Crippen molar-refractivity contribution in [3.8, 4) is 11.1 Å². The Morgan fingerprint density at radius 3 is 2.16 bits per heavy atom. The van der Waals surface area contributed by atoms with Crippen LogP contribution in [0.15, 0.2) is 78.9 Å². The molecular weight excluding hydrogens is 484 g/mol. The molecule has 0 saturated carbocycles. The fourth-order valence-electron chi connectivity index (χ4n) is 5.37. The van der Waals surface area contributed by atoms with Gasteiger partial charge in [-0.15, -0.1) is 0 Å². The molecule has 196 valence electrons. The number of hydrogen-bond acceptors (Lipinski definition) is 5. The average Bonchev–Trinajstić information content (AvgIpc) is 3.53. The molecular formula is C30H30N2O6. The second kappa shape index (κ2) is 11.4. The predicted octanol–water partition coefficient (Wildman–Crippen LogP) is 5.12. The summed E-state index contributed by atoms with van der Waals surface area (Å²) in [7, 11) is 0. The molecule has 0 unspecified atom stereocenters. The Morgan fingerprint density at radius 2 is 1.50 bits per heavy atom. The fourth-order valence-corrected chi connectivity index (χ4v) is 5.37. The second-order valence-electron chi connectivity index (χ2n) is 9.61. The summed E-state index contributed by atoms with van der Waals surface area (Å²) in [6, 6.07) is 25.1. The zero-order chi connectivity index (χ0) is 26.5. The van der Waals surface area contributed by atoms with Crippen LogP contribution in [0.5, 0.6) is 0 Å². The van der Waals surface area contributed by atoms with Gasteiger partial charge >= 0.3 is 18.2 Å². The van der Waals surface area contributed by atoms with Crippen LogP contribution in [0, 0.1) is 0 Å². The molecule has 1 aliphatic carbocycles. The first-order chi connectivity index (χ1) is 18.5. The standard InChI is InChI=1S/C30H30N2O6/c33-28(34)18-31(17-22-11-8-16-32(22)30(36)37-19-21-9-2-1-3-10-21)29(35)38-20-27-25-14-6-4-12-23(25)24-13-5-7-15-26(24)27/h1-7,9-10,12-15,22,27H,8,11,16-20H2,(H,33,34)/t22-/m1/s1. The van der Waals surface area contributed by atoms with Crippen LogP contribution in [0.1, 0.15) is 35.4 Å². The van der Waals surface area contributed by atoms with E-state index in [0.717, 1.165) is 34.2 Å². The number of hydrogen-bond donors (Lipinski definition) is 1. The van der Waals surface area contributed by atoms with Crippen LogP contribution >= 0.6 is 0 Å². The van der Waals surface area contributed by atoms with Crippen LogP contribution in [0.2, 0.25) is 0 Å².